The highest BCUT2D eigenvalue weighted by molar-refractivity contribution is 6.98. The molecule has 488 valence electrons. The summed E-state index contributed by atoms with van der Waals surface area (Å²) in [6, 6.07) is 51.3. The van der Waals surface area contributed by atoms with Gasteiger partial charge in [-0.15, -0.1) is 0 Å². The van der Waals surface area contributed by atoms with Gasteiger partial charge in [0.2, 0.25) is 5.91 Å². The topological polar surface area (TPSA) is 140 Å². The minimum atomic E-state index is -4.71. The summed E-state index contributed by atoms with van der Waals surface area (Å²) in [4.78, 5) is 32.4. The van der Waals surface area contributed by atoms with E-state index in [2.05, 4.69) is 175 Å². The van der Waals surface area contributed by atoms with Crippen molar-refractivity contribution < 1.29 is 47.4 Å². The monoisotopic (exact) mass is 1290 g/mol. The van der Waals surface area contributed by atoms with Crippen LogP contribution >= 0.6 is 0 Å². The standard InChI is InChI=1S/C78H84B2F3N5O6Si/c1-52(2)73(89)27-18-19-39-87(48-58-41-54(5)28-36-71(58)79(91)92)51-70-64-26-17-16-25-63(64)69(50-88(40-20-38-84-77(90)53(3)4)49-59-42-60(78(81,82)83)30-37-72(59)80(93)94)65-33-29-57(43-68(65)70)76-66-34-31-61(85(6)46-55-21-12-10-13-22-55)44-74(66)95(8,9)75-45-62(32-35-67(75)76)86(7)47-56-23-14-11-15-24-56/h10-17,21-26,28-37,41-45,91-94H,1,3,18-20,27,38-40,46-51H2,2,4-9H3/p+1. The highest BCUT2D eigenvalue weighted by Gasteiger charge is 2.41. The highest BCUT2D eigenvalue weighted by Crippen LogP contribution is 2.45. The van der Waals surface area contributed by atoms with Crippen LogP contribution in [0.4, 0.5) is 18.9 Å². The first-order chi connectivity index (χ1) is 45.4. The summed E-state index contributed by atoms with van der Waals surface area (Å²) in [5.41, 5.74) is 12.9. The number of hydrogen-bond donors (Lipinski definition) is 5. The number of Topliss-reactive ketones (excluding diaryl/α,β-unsaturated/α-hetero) is 1. The van der Waals surface area contributed by atoms with E-state index in [4.69, 9.17) is 0 Å². The number of benzene rings is 8. The Morgan fingerprint density at radius 3 is 1.84 bits per heavy atom. The summed E-state index contributed by atoms with van der Waals surface area (Å²) in [7, 11) is -2.03. The van der Waals surface area contributed by atoms with E-state index in [0.29, 0.717) is 61.9 Å². The molecule has 1 aliphatic carbocycles. The molecule has 1 aliphatic heterocycles. The number of carbonyl (C=O) groups is 2. The van der Waals surface area contributed by atoms with Gasteiger partial charge in [0.25, 0.3) is 0 Å². The third-order valence-corrected chi connectivity index (χ3v) is 22.2. The van der Waals surface area contributed by atoms with Gasteiger partial charge in [0, 0.05) is 88.3 Å². The van der Waals surface area contributed by atoms with Crippen molar-refractivity contribution in [1.82, 2.24) is 15.1 Å². The molecular formula is C78H85B2F3N5O6Si+. The molecule has 0 saturated carbocycles. The fraction of sp³-hybridized carbons (Fsp3) is 0.269. The normalized spacial score (nSPS) is 14.0. The number of unbranched alkanes of at least 4 members (excludes halogenated alkanes) is 1. The minimum Gasteiger partial charge on any atom is -0.423 e. The van der Waals surface area contributed by atoms with Gasteiger partial charge < -0.3 is 30.3 Å². The van der Waals surface area contributed by atoms with Crippen molar-refractivity contribution in [3.63, 3.8) is 0 Å². The van der Waals surface area contributed by atoms with Crippen molar-refractivity contribution in [2.75, 3.05) is 38.6 Å². The smallest absolute Gasteiger partial charge is 0.423 e. The summed E-state index contributed by atoms with van der Waals surface area (Å²) < 4.78 is 46.0. The maximum absolute atomic E-state index is 14.6. The number of carbonyl (C=O) groups excluding carboxylic acids is 2. The summed E-state index contributed by atoms with van der Waals surface area (Å²) in [5, 5.41) is 52.2. The molecule has 1 heterocycles. The Bertz CT molecular complexity index is 4360. The minimum absolute atomic E-state index is 0.00350. The first-order valence-electron chi connectivity index (χ1n) is 32.6. The predicted molar refractivity (Wildman–Crippen MR) is 385 cm³/mol. The van der Waals surface area contributed by atoms with Crippen molar-refractivity contribution in [2.24, 2.45) is 0 Å². The molecule has 0 fully saturated rings. The fourth-order valence-electron chi connectivity index (χ4n) is 13.5. The van der Waals surface area contributed by atoms with Crippen LogP contribution in [0, 0.1) is 6.92 Å². The van der Waals surface area contributed by atoms with Gasteiger partial charge in [-0.2, -0.15) is 13.2 Å². The van der Waals surface area contributed by atoms with Gasteiger partial charge in [-0.25, -0.2) is 4.58 Å². The van der Waals surface area contributed by atoms with Crippen molar-refractivity contribution in [1.29, 1.82) is 0 Å². The molecule has 2 aliphatic rings. The third-order valence-electron chi connectivity index (χ3n) is 18.6. The molecule has 0 spiro atoms. The number of amides is 1. The second kappa shape index (κ2) is 30.1. The average Bonchev–Trinajstić information content (AvgIpc) is 0.714. The van der Waals surface area contributed by atoms with E-state index in [1.165, 1.54) is 21.5 Å². The second-order valence-electron chi connectivity index (χ2n) is 26.2. The Balaban J connectivity index is 1.21. The Labute approximate surface area is 558 Å². The molecule has 11 nitrogen and oxygen atoms in total. The van der Waals surface area contributed by atoms with E-state index in [0.717, 1.165) is 109 Å². The molecule has 0 unspecified atom stereocenters. The van der Waals surface area contributed by atoms with Crippen LogP contribution in [0.25, 0.3) is 27.1 Å². The van der Waals surface area contributed by atoms with Crippen LogP contribution in [0.2, 0.25) is 13.1 Å². The SMILES string of the molecule is C=C(C)C(=O)CCCCN(Cc1cc(C)ccc1B(O)O)Cc1c2ccccc2c(CN(CCCNC(=O)C(=C)C)Cc2cc(C(F)(F)F)ccc2B(O)O)c2ccc(C3=C4C=CC(=[N+](C)Cc5ccccc5)C=C4[Si](C)(C)c4cc(N(C)Cc5ccccc5)ccc43)cc12. The van der Waals surface area contributed by atoms with Gasteiger partial charge in [0.15, 0.2) is 18.0 Å². The lowest BCUT2D eigenvalue weighted by atomic mass is 9.76. The molecule has 8 aromatic carbocycles. The van der Waals surface area contributed by atoms with E-state index < -0.39 is 34.1 Å². The molecule has 0 bridgehead atoms. The summed E-state index contributed by atoms with van der Waals surface area (Å²) >= 11 is 0. The number of halogens is 3. The Morgan fingerprint density at radius 2 is 1.22 bits per heavy atom. The van der Waals surface area contributed by atoms with E-state index in [1.807, 2.05) is 48.2 Å². The molecule has 0 aromatic heterocycles. The molecule has 0 atom stereocenters. The molecule has 0 radical (unpaired) electrons. The fourth-order valence-corrected chi connectivity index (χ4v) is 16.6. The number of rotatable bonds is 27. The Morgan fingerprint density at radius 1 is 0.632 bits per heavy atom. The molecule has 1 amide bonds. The lowest BCUT2D eigenvalue weighted by Crippen LogP contribution is -2.49. The lowest BCUT2D eigenvalue weighted by molar-refractivity contribution is -0.512. The first kappa shape index (κ1) is 69.3. The summed E-state index contributed by atoms with van der Waals surface area (Å²) in [5.74, 6) is -0.313. The van der Waals surface area contributed by atoms with Gasteiger partial charge in [0.05, 0.1) is 5.56 Å². The number of allylic oxidation sites excluding steroid dienone is 6. The molecule has 5 N–H and O–H groups in total. The third kappa shape index (κ3) is 16.3. The van der Waals surface area contributed by atoms with Gasteiger partial charge in [-0.1, -0.05) is 165 Å². The zero-order chi connectivity index (χ0) is 67.9. The van der Waals surface area contributed by atoms with E-state index in [9.17, 15) is 42.9 Å². The van der Waals surface area contributed by atoms with Crippen molar-refractivity contribution >= 4 is 88.6 Å². The Hall–Kier alpha value is -8.51. The number of hydrogen-bond acceptors (Lipinski definition) is 9. The van der Waals surface area contributed by atoms with Gasteiger partial charge in [0.1, 0.15) is 15.1 Å². The molecular weight excluding hydrogens is 1210 g/mol. The zero-order valence-corrected chi connectivity index (χ0v) is 56.5. The molecule has 17 heteroatoms. The van der Waals surface area contributed by atoms with Crippen LogP contribution in [0.1, 0.15) is 95.2 Å². The van der Waals surface area contributed by atoms with E-state index >= 15 is 0 Å². The molecule has 0 saturated heterocycles. The number of nitrogens with zero attached hydrogens (tertiary/aromatic N) is 4. The number of alkyl halides is 3. The Kier molecular flexibility index (Phi) is 21.9. The maximum atomic E-state index is 14.6. The summed E-state index contributed by atoms with van der Waals surface area (Å²) in [6.45, 7) is 21.2. The average molecular weight is 1300 g/mol. The molecule has 8 aromatic rings. The molecule has 95 heavy (non-hydrogen) atoms. The summed E-state index contributed by atoms with van der Waals surface area (Å²) in [6.07, 6.45) is 4.21. The van der Waals surface area contributed by atoms with Crippen molar-refractivity contribution in [3.05, 3.63) is 267 Å². The number of fused-ring (bicyclic) bond motifs is 4. The van der Waals surface area contributed by atoms with Crippen LogP contribution < -0.4 is 26.3 Å². The zero-order valence-electron chi connectivity index (χ0n) is 55.5. The number of ketones is 1. The van der Waals surface area contributed by atoms with E-state index in [-0.39, 0.29) is 48.9 Å². The van der Waals surface area contributed by atoms with Gasteiger partial charge in [-0.05, 0) is 175 Å². The van der Waals surface area contributed by atoms with Gasteiger partial charge in [-0.3, -0.25) is 19.4 Å². The van der Waals surface area contributed by atoms with Crippen LogP contribution in [0.15, 0.2) is 211 Å². The van der Waals surface area contributed by atoms with Crippen LogP contribution in [-0.2, 0) is 55.0 Å². The predicted octanol–water partition coefficient (Wildman–Crippen LogP) is 11.8. The first-order valence-corrected chi connectivity index (χ1v) is 35.6. The van der Waals surface area contributed by atoms with Crippen molar-refractivity contribution in [3.8, 4) is 0 Å². The quantitative estimate of drug-likeness (QED) is 0.0112. The van der Waals surface area contributed by atoms with Crippen LogP contribution in [-0.4, -0.2) is 108 Å². The second-order valence-corrected chi connectivity index (χ2v) is 30.6. The largest absolute Gasteiger partial charge is 0.488 e. The van der Waals surface area contributed by atoms with E-state index in [1.54, 1.807) is 19.9 Å². The number of aryl methyl sites for hydroxylation is 1. The van der Waals surface area contributed by atoms with Gasteiger partial charge >= 0.3 is 20.4 Å². The number of nitrogens with one attached hydrogen (secondary N) is 1. The number of anilines is 1. The highest BCUT2D eigenvalue weighted by atomic mass is 28.3. The van der Waals surface area contributed by atoms with Crippen LogP contribution in [0.5, 0.6) is 0 Å². The lowest BCUT2D eigenvalue weighted by Gasteiger charge is -2.38. The van der Waals surface area contributed by atoms with Crippen molar-refractivity contribution in [2.45, 2.75) is 105 Å². The maximum Gasteiger partial charge on any atom is 0.488 e. The van der Waals surface area contributed by atoms with Crippen LogP contribution in [0.3, 0.4) is 0 Å². The molecule has 10 rings (SSSR count).